The van der Waals surface area contributed by atoms with Crippen molar-refractivity contribution in [1.29, 1.82) is 0 Å². The molecule has 27 heavy (non-hydrogen) atoms. The zero-order valence-electron chi connectivity index (χ0n) is 14.2. The smallest absolute Gasteiger partial charge is 0.362 e. The fourth-order valence-electron chi connectivity index (χ4n) is 2.88. The molecule has 8 nitrogen and oxygen atoms in total. The number of hydrogen-bond donors (Lipinski definition) is 0. The summed E-state index contributed by atoms with van der Waals surface area (Å²) in [4.78, 5) is 25.8. The summed E-state index contributed by atoms with van der Waals surface area (Å²) >= 11 is 0. The van der Waals surface area contributed by atoms with Crippen LogP contribution < -0.4 is 4.90 Å². The van der Waals surface area contributed by atoms with Crippen molar-refractivity contribution in [3.8, 4) is 0 Å². The quantitative estimate of drug-likeness (QED) is 0.597. The number of piperazine rings is 1. The minimum Gasteiger partial charge on any atom is -0.362 e. The van der Waals surface area contributed by atoms with Crippen molar-refractivity contribution in [2.45, 2.75) is 13.1 Å². The number of aryl methyl sites for hydroxylation is 1. The molecule has 0 N–H and O–H groups in total. The first-order chi connectivity index (χ1) is 12.7. The van der Waals surface area contributed by atoms with Crippen LogP contribution in [0.15, 0.2) is 28.8 Å². The number of benzene rings is 1. The van der Waals surface area contributed by atoms with Gasteiger partial charge in [-0.3, -0.25) is 14.9 Å². The highest BCUT2D eigenvalue weighted by Gasteiger charge is 2.34. The highest BCUT2D eigenvalue weighted by atomic mass is 19.4. The zero-order chi connectivity index (χ0) is 19.8. The maximum atomic E-state index is 12.8. The van der Waals surface area contributed by atoms with E-state index in [1.807, 2.05) is 0 Å². The summed E-state index contributed by atoms with van der Waals surface area (Å²) in [6.07, 6.45) is -4.66. The summed E-state index contributed by atoms with van der Waals surface area (Å²) in [6, 6.07) is 3.95. The van der Waals surface area contributed by atoms with Crippen LogP contribution in [0, 0.1) is 17.0 Å². The number of hydrogen-bond acceptors (Lipinski definition) is 6. The number of halogens is 3. The minimum atomic E-state index is -4.66. The monoisotopic (exact) mass is 384 g/mol. The molecular weight excluding hydrogens is 369 g/mol. The van der Waals surface area contributed by atoms with Crippen LogP contribution in [0.25, 0.3) is 0 Å². The molecule has 1 aromatic heterocycles. The molecule has 0 aliphatic carbocycles. The molecule has 1 aliphatic rings. The molecule has 2 heterocycles. The lowest BCUT2D eigenvalue weighted by molar-refractivity contribution is -0.384. The van der Waals surface area contributed by atoms with Crippen LogP contribution in [0.4, 0.5) is 24.5 Å². The van der Waals surface area contributed by atoms with Crippen LogP contribution in [-0.4, -0.2) is 47.1 Å². The van der Waals surface area contributed by atoms with Crippen molar-refractivity contribution in [2.24, 2.45) is 0 Å². The van der Waals surface area contributed by atoms with E-state index in [0.29, 0.717) is 11.8 Å². The third kappa shape index (κ3) is 3.86. The summed E-state index contributed by atoms with van der Waals surface area (Å²) in [5.41, 5.74) is -1.03. The van der Waals surface area contributed by atoms with Gasteiger partial charge < -0.3 is 14.3 Å². The van der Waals surface area contributed by atoms with Crippen molar-refractivity contribution < 1.29 is 27.4 Å². The molecule has 1 fully saturated rings. The Hall–Kier alpha value is -3.11. The van der Waals surface area contributed by atoms with Gasteiger partial charge in [-0.15, -0.1) is 0 Å². The van der Waals surface area contributed by atoms with E-state index in [1.54, 1.807) is 11.8 Å². The molecule has 144 valence electrons. The van der Waals surface area contributed by atoms with E-state index >= 15 is 0 Å². The molecule has 0 radical (unpaired) electrons. The number of nitro benzene ring substituents is 1. The molecule has 1 saturated heterocycles. The van der Waals surface area contributed by atoms with Gasteiger partial charge in [-0.2, -0.15) is 13.2 Å². The second-order valence-electron chi connectivity index (χ2n) is 6.07. The Morgan fingerprint density at radius 1 is 1.22 bits per heavy atom. The van der Waals surface area contributed by atoms with Gasteiger partial charge in [-0.1, -0.05) is 5.16 Å². The second kappa shape index (κ2) is 6.89. The highest BCUT2D eigenvalue weighted by Crippen LogP contribution is 2.36. The molecule has 2 aromatic rings. The molecular formula is C16H15F3N4O4. The van der Waals surface area contributed by atoms with Crippen molar-refractivity contribution in [1.82, 2.24) is 10.1 Å². The first-order valence-electron chi connectivity index (χ1n) is 8.00. The topological polar surface area (TPSA) is 92.7 Å². The normalized spacial score (nSPS) is 15.1. The van der Waals surface area contributed by atoms with Gasteiger partial charge >= 0.3 is 6.18 Å². The number of nitro groups is 1. The van der Waals surface area contributed by atoms with Crippen LogP contribution in [-0.2, 0) is 6.18 Å². The van der Waals surface area contributed by atoms with Gasteiger partial charge in [-0.25, -0.2) is 0 Å². The first-order valence-corrected chi connectivity index (χ1v) is 8.00. The summed E-state index contributed by atoms with van der Waals surface area (Å²) in [6.45, 7) is 2.66. The van der Waals surface area contributed by atoms with E-state index in [9.17, 15) is 28.1 Å². The van der Waals surface area contributed by atoms with E-state index in [4.69, 9.17) is 4.52 Å². The lowest BCUT2D eigenvalue weighted by Crippen LogP contribution is -2.48. The third-order valence-electron chi connectivity index (χ3n) is 4.25. The Bertz CT molecular complexity index is 873. The lowest BCUT2D eigenvalue weighted by Gasteiger charge is -2.35. The van der Waals surface area contributed by atoms with E-state index < -0.39 is 22.4 Å². The molecule has 1 aliphatic heterocycles. The van der Waals surface area contributed by atoms with E-state index in [2.05, 4.69) is 5.16 Å². The number of alkyl halides is 3. The van der Waals surface area contributed by atoms with E-state index in [-0.39, 0.29) is 43.5 Å². The van der Waals surface area contributed by atoms with Crippen molar-refractivity contribution in [2.75, 3.05) is 31.1 Å². The Labute approximate surface area is 151 Å². The van der Waals surface area contributed by atoms with Crippen LogP contribution in [0.1, 0.15) is 21.8 Å². The van der Waals surface area contributed by atoms with Gasteiger partial charge in [0.2, 0.25) is 5.76 Å². The molecule has 1 amide bonds. The molecule has 0 spiro atoms. The van der Waals surface area contributed by atoms with Gasteiger partial charge in [0, 0.05) is 38.3 Å². The van der Waals surface area contributed by atoms with Gasteiger partial charge in [-0.05, 0) is 19.1 Å². The second-order valence-corrected chi connectivity index (χ2v) is 6.07. The molecule has 3 rings (SSSR count). The maximum absolute atomic E-state index is 12.8. The highest BCUT2D eigenvalue weighted by molar-refractivity contribution is 5.91. The summed E-state index contributed by atoms with van der Waals surface area (Å²) in [5, 5.41) is 14.9. The summed E-state index contributed by atoms with van der Waals surface area (Å²) in [7, 11) is 0. The van der Waals surface area contributed by atoms with Crippen molar-refractivity contribution in [3.63, 3.8) is 0 Å². The number of rotatable bonds is 3. The minimum absolute atomic E-state index is 0.0932. The van der Waals surface area contributed by atoms with Crippen LogP contribution in [0.2, 0.25) is 0 Å². The number of amides is 1. The molecule has 0 saturated carbocycles. The maximum Gasteiger partial charge on any atom is 0.416 e. The molecule has 0 unspecified atom stereocenters. The molecule has 0 atom stereocenters. The van der Waals surface area contributed by atoms with E-state index in [1.165, 1.54) is 11.0 Å². The Kier molecular flexibility index (Phi) is 4.77. The summed E-state index contributed by atoms with van der Waals surface area (Å²) < 4.78 is 43.4. The Morgan fingerprint density at radius 3 is 2.41 bits per heavy atom. The van der Waals surface area contributed by atoms with Gasteiger partial charge in [0.1, 0.15) is 5.69 Å². The number of carbonyl (C=O) groups is 1. The number of carbonyl (C=O) groups excluding carboxylic acids is 1. The van der Waals surface area contributed by atoms with Crippen LogP contribution in [0.3, 0.4) is 0 Å². The lowest BCUT2D eigenvalue weighted by atomic mass is 10.1. The van der Waals surface area contributed by atoms with Crippen LogP contribution >= 0.6 is 0 Å². The predicted octanol–water partition coefficient (Wildman–Crippen LogP) is 2.87. The fraction of sp³-hybridized carbons (Fsp3) is 0.375. The van der Waals surface area contributed by atoms with Crippen molar-refractivity contribution >= 4 is 17.3 Å². The predicted molar refractivity (Wildman–Crippen MR) is 87.5 cm³/mol. The SMILES string of the molecule is Cc1cc(C(=O)N2CCN(c3ccc(C(F)(F)F)cc3[N+](=O)[O-])CC2)on1. The average molecular weight is 384 g/mol. The molecule has 0 bridgehead atoms. The average Bonchev–Trinajstić information content (AvgIpc) is 3.06. The standard InChI is InChI=1S/C16H15F3N4O4/c1-10-8-14(27-20-10)15(24)22-6-4-21(5-7-22)12-3-2-11(16(17,18)19)9-13(12)23(25)26/h2-3,8-9H,4-7H2,1H3. The molecule has 11 heteroatoms. The van der Waals surface area contributed by atoms with Crippen molar-refractivity contribution in [3.05, 3.63) is 51.4 Å². The fourth-order valence-corrected chi connectivity index (χ4v) is 2.88. The van der Waals surface area contributed by atoms with Crippen LogP contribution in [0.5, 0.6) is 0 Å². The Morgan fingerprint density at radius 2 is 1.89 bits per heavy atom. The Balaban J connectivity index is 1.76. The summed E-state index contributed by atoms with van der Waals surface area (Å²) in [5.74, 6) is -0.251. The number of anilines is 1. The number of nitrogens with zero attached hydrogens (tertiary/aromatic N) is 4. The molecule has 1 aromatic carbocycles. The van der Waals surface area contributed by atoms with E-state index in [0.717, 1.165) is 12.1 Å². The third-order valence-corrected chi connectivity index (χ3v) is 4.25. The van der Waals surface area contributed by atoms with Gasteiger partial charge in [0.25, 0.3) is 11.6 Å². The van der Waals surface area contributed by atoms with Gasteiger partial charge in [0.05, 0.1) is 16.2 Å². The first kappa shape index (κ1) is 18.7. The largest absolute Gasteiger partial charge is 0.416 e. The zero-order valence-corrected chi connectivity index (χ0v) is 14.2. The number of aromatic nitrogens is 1. The van der Waals surface area contributed by atoms with Gasteiger partial charge in [0.15, 0.2) is 0 Å².